The van der Waals surface area contributed by atoms with Crippen LogP contribution in [0.5, 0.6) is 0 Å². The number of halogens is 2. The van der Waals surface area contributed by atoms with Crippen molar-refractivity contribution in [3.63, 3.8) is 0 Å². The van der Waals surface area contributed by atoms with E-state index in [1.807, 2.05) is 38.1 Å². The van der Waals surface area contributed by atoms with Gasteiger partial charge in [-0.15, -0.1) is 0 Å². The molecule has 2 nitrogen and oxygen atoms in total. The SMILES string of the molecule is Cc1cc(C)c2nc(-c3ccc(Cl)cc3)cc(C(=O)Cl)c2c1. The van der Waals surface area contributed by atoms with Crippen LogP contribution in [0.25, 0.3) is 22.2 Å². The van der Waals surface area contributed by atoms with E-state index in [0.29, 0.717) is 16.3 Å². The quantitative estimate of drug-likeness (QED) is 0.577. The van der Waals surface area contributed by atoms with E-state index in [-0.39, 0.29) is 0 Å². The van der Waals surface area contributed by atoms with Crippen LogP contribution in [0.2, 0.25) is 5.02 Å². The second-order valence-electron chi connectivity index (χ2n) is 5.31. The molecule has 22 heavy (non-hydrogen) atoms. The zero-order valence-electron chi connectivity index (χ0n) is 12.2. The number of rotatable bonds is 2. The lowest BCUT2D eigenvalue weighted by atomic mass is 10.0. The number of pyridine rings is 1. The number of benzene rings is 2. The van der Waals surface area contributed by atoms with Crippen LogP contribution >= 0.6 is 23.2 Å². The summed E-state index contributed by atoms with van der Waals surface area (Å²) in [6, 6.07) is 13.1. The first-order chi connectivity index (χ1) is 10.5. The van der Waals surface area contributed by atoms with Crippen molar-refractivity contribution in [1.29, 1.82) is 0 Å². The fourth-order valence-electron chi connectivity index (χ4n) is 2.61. The summed E-state index contributed by atoms with van der Waals surface area (Å²) in [5, 5.41) is 0.966. The van der Waals surface area contributed by atoms with E-state index in [4.69, 9.17) is 28.2 Å². The first-order valence-corrected chi connectivity index (χ1v) is 7.59. The second-order valence-corrected chi connectivity index (χ2v) is 6.09. The number of hydrogen-bond donors (Lipinski definition) is 0. The Kier molecular flexibility index (Phi) is 3.90. The molecule has 0 N–H and O–H groups in total. The van der Waals surface area contributed by atoms with E-state index in [1.54, 1.807) is 18.2 Å². The average Bonchev–Trinajstić information content (AvgIpc) is 2.47. The molecular weight excluding hydrogens is 317 g/mol. The molecule has 0 spiro atoms. The van der Waals surface area contributed by atoms with Crippen molar-refractivity contribution in [3.8, 4) is 11.3 Å². The standard InChI is InChI=1S/C18H13Cl2NO/c1-10-7-11(2)17-14(8-10)15(18(20)22)9-16(21-17)12-3-5-13(19)6-4-12/h3-9H,1-2H3. The van der Waals surface area contributed by atoms with E-state index in [1.165, 1.54) is 0 Å². The molecule has 0 bridgehead atoms. The van der Waals surface area contributed by atoms with Gasteiger partial charge in [0.25, 0.3) is 5.24 Å². The van der Waals surface area contributed by atoms with Gasteiger partial charge in [-0.05, 0) is 55.3 Å². The van der Waals surface area contributed by atoms with Gasteiger partial charge in [0.15, 0.2) is 0 Å². The molecule has 110 valence electrons. The Morgan fingerprint density at radius 2 is 1.73 bits per heavy atom. The summed E-state index contributed by atoms with van der Waals surface area (Å²) in [6.45, 7) is 3.97. The summed E-state index contributed by atoms with van der Waals surface area (Å²) in [7, 11) is 0. The van der Waals surface area contributed by atoms with Crippen molar-refractivity contribution in [2.24, 2.45) is 0 Å². The fraction of sp³-hybridized carbons (Fsp3) is 0.111. The first kappa shape index (κ1) is 15.0. The Bertz CT molecular complexity index is 886. The van der Waals surface area contributed by atoms with Gasteiger partial charge in [-0.2, -0.15) is 0 Å². The van der Waals surface area contributed by atoms with Crippen LogP contribution < -0.4 is 0 Å². The lowest BCUT2D eigenvalue weighted by Crippen LogP contribution is -1.98. The predicted octanol–water partition coefficient (Wildman–Crippen LogP) is 5.55. The lowest BCUT2D eigenvalue weighted by molar-refractivity contribution is 0.108. The molecule has 0 unspecified atom stereocenters. The van der Waals surface area contributed by atoms with Gasteiger partial charge in [0.2, 0.25) is 0 Å². The molecule has 3 aromatic rings. The number of aryl methyl sites for hydroxylation is 2. The number of hydrogen-bond acceptors (Lipinski definition) is 2. The highest BCUT2D eigenvalue weighted by Crippen LogP contribution is 2.29. The third-order valence-corrected chi connectivity index (χ3v) is 4.06. The van der Waals surface area contributed by atoms with Gasteiger partial charge in [-0.3, -0.25) is 4.79 Å². The number of carbonyl (C=O) groups excluding carboxylic acids is 1. The Balaban J connectivity index is 2.34. The molecule has 0 saturated carbocycles. The van der Waals surface area contributed by atoms with Crippen LogP contribution in [-0.2, 0) is 0 Å². The lowest BCUT2D eigenvalue weighted by Gasteiger charge is -2.10. The molecule has 2 aromatic carbocycles. The average molecular weight is 330 g/mol. The van der Waals surface area contributed by atoms with Crippen LogP contribution in [0, 0.1) is 13.8 Å². The maximum Gasteiger partial charge on any atom is 0.253 e. The number of aromatic nitrogens is 1. The zero-order chi connectivity index (χ0) is 15.9. The molecule has 0 saturated heterocycles. The molecule has 3 rings (SSSR count). The highest BCUT2D eigenvalue weighted by atomic mass is 35.5. The highest BCUT2D eigenvalue weighted by Gasteiger charge is 2.14. The van der Waals surface area contributed by atoms with E-state index in [0.717, 1.165) is 27.6 Å². The van der Waals surface area contributed by atoms with Crippen molar-refractivity contribution in [2.75, 3.05) is 0 Å². The van der Waals surface area contributed by atoms with Gasteiger partial charge < -0.3 is 0 Å². The van der Waals surface area contributed by atoms with Crippen molar-refractivity contribution in [1.82, 2.24) is 4.98 Å². The van der Waals surface area contributed by atoms with Crippen LogP contribution in [0.4, 0.5) is 0 Å². The highest BCUT2D eigenvalue weighted by molar-refractivity contribution is 6.68. The van der Waals surface area contributed by atoms with Crippen LogP contribution in [0.15, 0.2) is 42.5 Å². The molecule has 1 heterocycles. The normalized spacial score (nSPS) is 10.9. The maximum absolute atomic E-state index is 11.8. The molecule has 0 atom stereocenters. The minimum atomic E-state index is -0.479. The van der Waals surface area contributed by atoms with Gasteiger partial charge in [0.05, 0.1) is 11.2 Å². The number of nitrogens with zero attached hydrogens (tertiary/aromatic N) is 1. The van der Waals surface area contributed by atoms with E-state index in [9.17, 15) is 4.79 Å². The minimum Gasteiger partial charge on any atom is -0.276 e. The Labute approximate surface area is 138 Å². The van der Waals surface area contributed by atoms with Crippen molar-refractivity contribution >= 4 is 39.3 Å². The van der Waals surface area contributed by atoms with Crippen LogP contribution in [0.3, 0.4) is 0 Å². The van der Waals surface area contributed by atoms with Gasteiger partial charge in [0.1, 0.15) is 0 Å². The van der Waals surface area contributed by atoms with Crippen molar-refractivity contribution < 1.29 is 4.79 Å². The fourth-order valence-corrected chi connectivity index (χ4v) is 2.89. The molecule has 0 radical (unpaired) electrons. The van der Waals surface area contributed by atoms with E-state index >= 15 is 0 Å². The van der Waals surface area contributed by atoms with Crippen molar-refractivity contribution in [2.45, 2.75) is 13.8 Å². The topological polar surface area (TPSA) is 30.0 Å². The molecule has 0 aliphatic heterocycles. The monoisotopic (exact) mass is 329 g/mol. The van der Waals surface area contributed by atoms with Crippen LogP contribution in [0.1, 0.15) is 21.5 Å². The van der Waals surface area contributed by atoms with Gasteiger partial charge in [-0.1, -0.05) is 35.4 Å². The summed E-state index contributed by atoms with van der Waals surface area (Å²) in [4.78, 5) is 16.5. The summed E-state index contributed by atoms with van der Waals surface area (Å²) in [5.74, 6) is 0. The second kappa shape index (κ2) is 5.71. The third kappa shape index (κ3) is 2.72. The van der Waals surface area contributed by atoms with Gasteiger partial charge in [0, 0.05) is 21.5 Å². The third-order valence-electron chi connectivity index (χ3n) is 3.60. The van der Waals surface area contributed by atoms with E-state index < -0.39 is 5.24 Å². The molecule has 4 heteroatoms. The molecule has 0 amide bonds. The summed E-state index contributed by atoms with van der Waals surface area (Å²) in [6.07, 6.45) is 0. The minimum absolute atomic E-state index is 0.475. The maximum atomic E-state index is 11.8. The molecule has 0 aliphatic rings. The number of carbonyl (C=O) groups is 1. The molecule has 1 aromatic heterocycles. The predicted molar refractivity (Wildman–Crippen MR) is 91.8 cm³/mol. The first-order valence-electron chi connectivity index (χ1n) is 6.83. The molecular formula is C18H13Cl2NO. The molecule has 0 fully saturated rings. The van der Waals surface area contributed by atoms with E-state index in [2.05, 4.69) is 0 Å². The zero-order valence-corrected chi connectivity index (χ0v) is 13.7. The van der Waals surface area contributed by atoms with Crippen molar-refractivity contribution in [3.05, 3.63) is 64.2 Å². The number of fused-ring (bicyclic) bond motifs is 1. The summed E-state index contributed by atoms with van der Waals surface area (Å²) < 4.78 is 0. The van der Waals surface area contributed by atoms with Gasteiger partial charge in [-0.25, -0.2) is 4.98 Å². The summed E-state index contributed by atoms with van der Waals surface area (Å²) in [5.41, 5.74) is 4.96. The molecule has 0 aliphatic carbocycles. The van der Waals surface area contributed by atoms with Crippen LogP contribution in [-0.4, -0.2) is 10.2 Å². The summed E-state index contributed by atoms with van der Waals surface area (Å²) >= 11 is 11.7. The Morgan fingerprint density at radius 1 is 1.05 bits per heavy atom. The Morgan fingerprint density at radius 3 is 2.36 bits per heavy atom. The Hall–Kier alpha value is -1.90. The largest absolute Gasteiger partial charge is 0.276 e. The van der Waals surface area contributed by atoms with Gasteiger partial charge >= 0.3 is 0 Å². The smallest absolute Gasteiger partial charge is 0.253 e.